The highest BCUT2D eigenvalue weighted by Gasteiger charge is 2.49. The average molecular weight is 358 g/mol. The minimum atomic E-state index is -5.74. The number of hydrogen-bond acceptors (Lipinski definition) is 4. The second-order valence-corrected chi connectivity index (χ2v) is 6.03. The SMILES string of the molecule is O=[N+]([O-])c1ccc(C(F)(F)F)c(S(=O)(=O)Cl)c1C(F)(F)F. The van der Waals surface area contributed by atoms with E-state index < -0.39 is 48.0 Å². The van der Waals surface area contributed by atoms with E-state index in [0.29, 0.717) is 0 Å². The summed E-state index contributed by atoms with van der Waals surface area (Å²) < 4.78 is 98.3. The Hall–Kier alpha value is -1.56. The molecule has 1 aromatic rings. The molecule has 21 heavy (non-hydrogen) atoms. The van der Waals surface area contributed by atoms with Gasteiger partial charge < -0.3 is 0 Å². The molecule has 0 amide bonds. The third kappa shape index (κ3) is 3.56. The van der Waals surface area contributed by atoms with Crippen LogP contribution in [-0.2, 0) is 21.4 Å². The molecule has 0 aliphatic rings. The Bertz CT molecular complexity index is 696. The van der Waals surface area contributed by atoms with Crippen LogP contribution in [0.4, 0.5) is 32.0 Å². The van der Waals surface area contributed by atoms with Crippen LogP contribution >= 0.6 is 10.7 Å². The Morgan fingerprint density at radius 2 is 1.52 bits per heavy atom. The van der Waals surface area contributed by atoms with Crippen LogP contribution in [0.25, 0.3) is 0 Å². The number of halogens is 7. The fourth-order valence-corrected chi connectivity index (χ4v) is 2.87. The highest BCUT2D eigenvalue weighted by molar-refractivity contribution is 8.13. The summed E-state index contributed by atoms with van der Waals surface area (Å²) >= 11 is 0. The van der Waals surface area contributed by atoms with Crippen molar-refractivity contribution in [3.05, 3.63) is 33.4 Å². The predicted molar refractivity (Wildman–Crippen MR) is 56.1 cm³/mol. The maximum atomic E-state index is 12.8. The Kier molecular flexibility index (Phi) is 4.18. The van der Waals surface area contributed by atoms with E-state index in [9.17, 15) is 44.9 Å². The molecular weight excluding hydrogens is 356 g/mol. The summed E-state index contributed by atoms with van der Waals surface area (Å²) in [6, 6.07) is -0.236. The van der Waals surface area contributed by atoms with Gasteiger partial charge in [0.1, 0.15) is 4.90 Å². The van der Waals surface area contributed by atoms with Crippen LogP contribution in [-0.4, -0.2) is 13.3 Å². The second-order valence-electron chi connectivity index (χ2n) is 3.53. The zero-order valence-corrected chi connectivity index (χ0v) is 10.9. The van der Waals surface area contributed by atoms with Gasteiger partial charge in [0.2, 0.25) is 0 Å². The Labute approximate surface area is 116 Å². The van der Waals surface area contributed by atoms with Crippen LogP contribution in [0.3, 0.4) is 0 Å². The van der Waals surface area contributed by atoms with Crippen LogP contribution in [0.15, 0.2) is 17.0 Å². The molecule has 0 fully saturated rings. The first-order chi connectivity index (χ1) is 9.17. The third-order valence-corrected chi connectivity index (χ3v) is 3.54. The zero-order valence-electron chi connectivity index (χ0n) is 9.29. The standard InChI is InChI=1S/C8H2ClF6NO4S/c9-21(19,20)6-3(7(10,11)12)1-2-4(16(17)18)5(6)8(13,14)15/h1-2H. The Morgan fingerprint density at radius 1 is 1.05 bits per heavy atom. The fourth-order valence-electron chi connectivity index (χ4n) is 1.47. The second kappa shape index (κ2) is 5.02. The number of nitrogens with zero attached hydrogens (tertiary/aromatic N) is 1. The topological polar surface area (TPSA) is 77.3 Å². The number of nitro benzene ring substituents is 1. The van der Waals surface area contributed by atoms with Gasteiger partial charge in [-0.05, 0) is 6.07 Å². The van der Waals surface area contributed by atoms with Gasteiger partial charge in [0.15, 0.2) is 5.56 Å². The lowest BCUT2D eigenvalue weighted by Crippen LogP contribution is -2.19. The smallest absolute Gasteiger partial charge is 0.258 e. The molecule has 0 aromatic heterocycles. The molecule has 0 N–H and O–H groups in total. The first kappa shape index (κ1) is 17.5. The summed E-state index contributed by atoms with van der Waals surface area (Å²) in [6.45, 7) is 0. The van der Waals surface area contributed by atoms with Gasteiger partial charge in [0, 0.05) is 16.7 Å². The van der Waals surface area contributed by atoms with Gasteiger partial charge in [0.05, 0.1) is 10.5 Å². The maximum Gasteiger partial charge on any atom is 0.424 e. The summed E-state index contributed by atoms with van der Waals surface area (Å²) in [4.78, 5) is 6.45. The van der Waals surface area contributed by atoms with Crippen LogP contribution < -0.4 is 0 Å². The van der Waals surface area contributed by atoms with Gasteiger partial charge in [0.25, 0.3) is 14.7 Å². The van der Waals surface area contributed by atoms with Crippen LogP contribution in [0.5, 0.6) is 0 Å². The van der Waals surface area contributed by atoms with E-state index in [-0.39, 0.29) is 12.1 Å². The lowest BCUT2D eigenvalue weighted by Gasteiger charge is -2.16. The van der Waals surface area contributed by atoms with Crippen molar-refractivity contribution in [2.45, 2.75) is 17.2 Å². The number of nitro groups is 1. The molecule has 1 aromatic carbocycles. The van der Waals surface area contributed by atoms with Gasteiger partial charge in [-0.15, -0.1) is 0 Å². The molecule has 0 bridgehead atoms. The largest absolute Gasteiger partial charge is 0.424 e. The molecule has 0 radical (unpaired) electrons. The summed E-state index contributed by atoms with van der Waals surface area (Å²) in [5.41, 5.74) is -6.66. The van der Waals surface area contributed by atoms with Gasteiger partial charge in [-0.2, -0.15) is 26.3 Å². The maximum absolute atomic E-state index is 12.8. The van der Waals surface area contributed by atoms with Crippen LogP contribution in [0.1, 0.15) is 11.1 Å². The molecule has 0 spiro atoms. The van der Waals surface area contributed by atoms with Gasteiger partial charge >= 0.3 is 12.4 Å². The lowest BCUT2D eigenvalue weighted by molar-refractivity contribution is -0.388. The van der Waals surface area contributed by atoms with E-state index in [1.807, 2.05) is 0 Å². The van der Waals surface area contributed by atoms with Crippen molar-refractivity contribution in [3.63, 3.8) is 0 Å². The van der Waals surface area contributed by atoms with Crippen LogP contribution in [0.2, 0.25) is 0 Å². The van der Waals surface area contributed by atoms with E-state index in [4.69, 9.17) is 0 Å². The first-order valence-corrected chi connectivity index (χ1v) is 6.88. The van der Waals surface area contributed by atoms with Crippen molar-refractivity contribution < 1.29 is 39.7 Å². The Morgan fingerprint density at radius 3 is 1.81 bits per heavy atom. The highest BCUT2D eigenvalue weighted by atomic mass is 35.7. The molecule has 118 valence electrons. The van der Waals surface area contributed by atoms with Gasteiger partial charge in [-0.3, -0.25) is 10.1 Å². The van der Waals surface area contributed by atoms with E-state index in [2.05, 4.69) is 10.7 Å². The monoisotopic (exact) mass is 357 g/mol. The van der Waals surface area contributed by atoms with Crippen molar-refractivity contribution >= 4 is 25.4 Å². The molecule has 0 aliphatic heterocycles. The first-order valence-electron chi connectivity index (χ1n) is 4.58. The van der Waals surface area contributed by atoms with E-state index in [1.54, 1.807) is 0 Å². The number of hydrogen-bond donors (Lipinski definition) is 0. The average Bonchev–Trinajstić information content (AvgIpc) is 2.23. The summed E-state index contributed by atoms with van der Waals surface area (Å²) in [6.07, 6.45) is -11.2. The minimum Gasteiger partial charge on any atom is -0.258 e. The summed E-state index contributed by atoms with van der Waals surface area (Å²) in [5, 5.41) is 10.5. The van der Waals surface area contributed by atoms with Crippen molar-refractivity contribution in [3.8, 4) is 0 Å². The highest BCUT2D eigenvalue weighted by Crippen LogP contribution is 2.46. The molecular formula is C8H2ClF6NO4S. The minimum absolute atomic E-state index is 0.0861. The van der Waals surface area contributed by atoms with Crippen molar-refractivity contribution in [1.29, 1.82) is 0 Å². The molecule has 0 aliphatic carbocycles. The van der Waals surface area contributed by atoms with Crippen LogP contribution in [0, 0.1) is 10.1 Å². The summed E-state index contributed by atoms with van der Waals surface area (Å²) in [7, 11) is -0.951. The predicted octanol–water partition coefficient (Wildman–Crippen LogP) is 3.56. The Balaban J connectivity index is 4.08. The van der Waals surface area contributed by atoms with E-state index >= 15 is 0 Å². The number of alkyl halides is 6. The number of benzene rings is 1. The molecule has 13 heteroatoms. The molecule has 1 rings (SSSR count). The quantitative estimate of drug-likeness (QED) is 0.351. The van der Waals surface area contributed by atoms with Crippen molar-refractivity contribution in [2.24, 2.45) is 0 Å². The normalized spacial score (nSPS) is 13.3. The molecule has 0 unspecified atom stereocenters. The van der Waals surface area contributed by atoms with Crippen molar-refractivity contribution in [2.75, 3.05) is 0 Å². The molecule has 0 saturated carbocycles. The molecule has 5 nitrogen and oxygen atoms in total. The van der Waals surface area contributed by atoms with E-state index in [0.717, 1.165) is 0 Å². The third-order valence-electron chi connectivity index (χ3n) is 2.17. The number of rotatable bonds is 2. The molecule has 0 heterocycles. The van der Waals surface area contributed by atoms with Crippen molar-refractivity contribution in [1.82, 2.24) is 0 Å². The molecule has 0 atom stereocenters. The fraction of sp³-hybridized carbons (Fsp3) is 0.250. The molecule has 0 saturated heterocycles. The van der Waals surface area contributed by atoms with Gasteiger partial charge in [-0.25, -0.2) is 8.42 Å². The summed E-state index contributed by atoms with van der Waals surface area (Å²) in [5.74, 6) is 0. The van der Waals surface area contributed by atoms with Gasteiger partial charge in [-0.1, -0.05) is 0 Å². The lowest BCUT2D eigenvalue weighted by atomic mass is 10.1. The zero-order chi connectivity index (χ0) is 16.8. The van der Waals surface area contributed by atoms with E-state index in [1.165, 1.54) is 0 Å².